The lowest BCUT2D eigenvalue weighted by Gasteiger charge is -2.33. The van der Waals surface area contributed by atoms with Crippen molar-refractivity contribution in [3.63, 3.8) is 0 Å². The van der Waals surface area contributed by atoms with Gasteiger partial charge in [-0.1, -0.05) is 6.58 Å². The Morgan fingerprint density at radius 3 is 2.62 bits per heavy atom. The SMILES string of the molecule is C=CC(=O)N[C@H]1CCCN(c2ncc(C(N)=O)c3c2=NC(=O)C(=O)N=3)C1. The van der Waals surface area contributed by atoms with Crippen molar-refractivity contribution in [2.75, 3.05) is 18.0 Å². The molecular weight excluding hydrogens is 340 g/mol. The van der Waals surface area contributed by atoms with Crippen LogP contribution in [0.25, 0.3) is 0 Å². The number of hydrogen-bond donors (Lipinski definition) is 2. The number of fused-ring (bicyclic) bond motifs is 1. The number of rotatable bonds is 4. The maximum Gasteiger partial charge on any atom is 0.338 e. The molecule has 134 valence electrons. The summed E-state index contributed by atoms with van der Waals surface area (Å²) in [5, 5.41) is 2.81. The van der Waals surface area contributed by atoms with Crippen LogP contribution in [0, 0.1) is 0 Å². The van der Waals surface area contributed by atoms with Crippen LogP contribution in [-0.2, 0) is 14.4 Å². The number of carbonyl (C=O) groups is 4. The standard InChI is InChI=1S/C16H16N6O4/c1-2-10(23)19-8-4-3-5-22(7-8)14-12-11(9(6-18-14)13(17)24)20-15(25)16(26)21-12/h2,6,8H,1,3-5,7H2,(H2,17,24)(H,19,23)/t8-/m0/s1. The molecule has 3 N–H and O–H groups in total. The van der Waals surface area contributed by atoms with Crippen LogP contribution in [0.3, 0.4) is 0 Å². The molecule has 0 radical (unpaired) electrons. The first kappa shape index (κ1) is 17.4. The molecule has 0 aromatic carbocycles. The van der Waals surface area contributed by atoms with E-state index in [2.05, 4.69) is 26.9 Å². The number of hydrogen-bond acceptors (Lipinski definition) is 6. The summed E-state index contributed by atoms with van der Waals surface area (Å²) in [6, 6.07) is -0.139. The van der Waals surface area contributed by atoms with Crippen LogP contribution < -0.4 is 26.7 Å². The molecule has 0 saturated carbocycles. The summed E-state index contributed by atoms with van der Waals surface area (Å²) in [7, 11) is 0. The van der Waals surface area contributed by atoms with E-state index in [1.807, 2.05) is 4.90 Å². The Bertz CT molecular complexity index is 954. The molecule has 1 fully saturated rings. The quantitative estimate of drug-likeness (QED) is 0.460. The number of amides is 4. The van der Waals surface area contributed by atoms with Crippen LogP contribution in [0.1, 0.15) is 23.2 Å². The molecule has 26 heavy (non-hydrogen) atoms. The molecule has 10 nitrogen and oxygen atoms in total. The molecule has 3 rings (SSSR count). The number of anilines is 1. The zero-order valence-corrected chi connectivity index (χ0v) is 13.8. The van der Waals surface area contributed by atoms with Crippen molar-refractivity contribution < 1.29 is 19.2 Å². The number of nitrogens with two attached hydrogens (primary N) is 1. The average molecular weight is 356 g/mol. The number of aromatic nitrogens is 1. The van der Waals surface area contributed by atoms with E-state index in [1.54, 1.807) is 0 Å². The average Bonchev–Trinajstić information content (AvgIpc) is 2.61. The first-order valence-electron chi connectivity index (χ1n) is 7.93. The molecule has 3 heterocycles. The van der Waals surface area contributed by atoms with Crippen LogP contribution in [0.15, 0.2) is 28.8 Å². The first-order chi connectivity index (χ1) is 12.4. The Balaban J connectivity index is 2.04. The van der Waals surface area contributed by atoms with Gasteiger partial charge in [0, 0.05) is 25.3 Å². The minimum atomic E-state index is -1.06. The molecule has 1 aromatic heterocycles. The maximum absolute atomic E-state index is 11.7. The summed E-state index contributed by atoms with van der Waals surface area (Å²) in [6.07, 6.45) is 3.94. The minimum absolute atomic E-state index is 0.0431. The predicted octanol–water partition coefficient (Wildman–Crippen LogP) is -2.24. The van der Waals surface area contributed by atoms with E-state index < -0.39 is 17.7 Å². The van der Waals surface area contributed by atoms with E-state index in [1.165, 1.54) is 12.3 Å². The summed E-state index contributed by atoms with van der Waals surface area (Å²) < 4.78 is 0. The first-order valence-corrected chi connectivity index (χ1v) is 7.93. The van der Waals surface area contributed by atoms with E-state index in [4.69, 9.17) is 5.73 Å². The lowest BCUT2D eigenvalue weighted by molar-refractivity contribution is -0.135. The highest BCUT2D eigenvalue weighted by atomic mass is 16.2. The normalized spacial score (nSPS) is 19.1. The number of nitrogens with one attached hydrogen (secondary N) is 1. The van der Waals surface area contributed by atoms with Crippen molar-refractivity contribution in [3.05, 3.63) is 35.1 Å². The lowest BCUT2D eigenvalue weighted by Crippen LogP contribution is -2.51. The topological polar surface area (TPSA) is 147 Å². The van der Waals surface area contributed by atoms with Crippen molar-refractivity contribution in [3.8, 4) is 0 Å². The molecule has 1 saturated heterocycles. The smallest absolute Gasteiger partial charge is 0.338 e. The zero-order chi connectivity index (χ0) is 18.8. The molecule has 2 aliphatic rings. The Morgan fingerprint density at radius 2 is 1.96 bits per heavy atom. The molecular formula is C16H16N6O4. The van der Waals surface area contributed by atoms with Crippen LogP contribution in [0.2, 0.25) is 0 Å². The van der Waals surface area contributed by atoms with Gasteiger partial charge in [0.2, 0.25) is 5.91 Å². The Labute approximate surface area is 147 Å². The van der Waals surface area contributed by atoms with Gasteiger partial charge in [-0.05, 0) is 18.9 Å². The summed E-state index contributed by atoms with van der Waals surface area (Å²) in [5.74, 6) is -2.89. The van der Waals surface area contributed by atoms with Crippen molar-refractivity contribution in [2.45, 2.75) is 18.9 Å². The van der Waals surface area contributed by atoms with Gasteiger partial charge in [0.25, 0.3) is 5.91 Å². The molecule has 0 aliphatic carbocycles. The molecule has 0 unspecified atom stereocenters. The number of pyridine rings is 1. The van der Waals surface area contributed by atoms with E-state index in [-0.39, 0.29) is 28.2 Å². The van der Waals surface area contributed by atoms with E-state index >= 15 is 0 Å². The minimum Gasteiger partial charge on any atom is -0.365 e. The zero-order valence-electron chi connectivity index (χ0n) is 13.8. The van der Waals surface area contributed by atoms with Crippen molar-refractivity contribution in [2.24, 2.45) is 15.7 Å². The van der Waals surface area contributed by atoms with Gasteiger partial charge in [-0.25, -0.2) is 9.98 Å². The van der Waals surface area contributed by atoms with Crippen LogP contribution in [0.4, 0.5) is 5.82 Å². The van der Waals surface area contributed by atoms with Crippen molar-refractivity contribution >= 4 is 29.4 Å². The third kappa shape index (κ3) is 3.21. The number of carbonyl (C=O) groups excluding carboxylic acids is 4. The molecule has 0 bridgehead atoms. The third-order valence-corrected chi connectivity index (χ3v) is 4.13. The van der Waals surface area contributed by atoms with E-state index in [9.17, 15) is 19.2 Å². The summed E-state index contributed by atoms with van der Waals surface area (Å²) in [4.78, 5) is 59.8. The summed E-state index contributed by atoms with van der Waals surface area (Å²) in [5.41, 5.74) is 5.21. The summed E-state index contributed by atoms with van der Waals surface area (Å²) >= 11 is 0. The van der Waals surface area contributed by atoms with Gasteiger partial charge in [0.05, 0.1) is 5.56 Å². The van der Waals surface area contributed by atoms with Gasteiger partial charge in [0.15, 0.2) is 5.82 Å². The molecule has 10 heteroatoms. The number of nitrogens with zero attached hydrogens (tertiary/aromatic N) is 4. The highest BCUT2D eigenvalue weighted by Crippen LogP contribution is 2.15. The molecule has 1 aromatic rings. The van der Waals surface area contributed by atoms with Crippen molar-refractivity contribution in [1.82, 2.24) is 10.3 Å². The fourth-order valence-electron chi connectivity index (χ4n) is 2.96. The predicted molar refractivity (Wildman–Crippen MR) is 88.7 cm³/mol. The van der Waals surface area contributed by atoms with E-state index in [0.29, 0.717) is 18.9 Å². The van der Waals surface area contributed by atoms with Gasteiger partial charge in [-0.3, -0.25) is 19.2 Å². The summed E-state index contributed by atoms with van der Waals surface area (Å²) in [6.45, 7) is 4.45. The molecule has 0 spiro atoms. The molecule has 1 atom stereocenters. The second-order valence-electron chi connectivity index (χ2n) is 5.89. The Kier molecular flexibility index (Phi) is 4.57. The van der Waals surface area contributed by atoms with Gasteiger partial charge in [0.1, 0.15) is 10.7 Å². The fourth-order valence-corrected chi connectivity index (χ4v) is 2.96. The van der Waals surface area contributed by atoms with E-state index in [0.717, 1.165) is 12.8 Å². The van der Waals surface area contributed by atoms with Gasteiger partial charge >= 0.3 is 11.8 Å². The number of primary amides is 1. The van der Waals surface area contributed by atoms with Gasteiger partial charge in [-0.15, -0.1) is 0 Å². The second kappa shape index (κ2) is 6.82. The second-order valence-corrected chi connectivity index (χ2v) is 5.89. The molecule has 4 amide bonds. The highest BCUT2D eigenvalue weighted by molar-refractivity contribution is 6.36. The maximum atomic E-state index is 11.7. The lowest BCUT2D eigenvalue weighted by atomic mass is 10.1. The fraction of sp³-hybridized carbons (Fsp3) is 0.312. The Morgan fingerprint density at radius 1 is 1.27 bits per heavy atom. The third-order valence-electron chi connectivity index (χ3n) is 4.13. The van der Waals surface area contributed by atoms with Crippen LogP contribution >= 0.6 is 0 Å². The van der Waals surface area contributed by atoms with Crippen LogP contribution in [0.5, 0.6) is 0 Å². The van der Waals surface area contributed by atoms with Crippen LogP contribution in [-0.4, -0.2) is 47.7 Å². The van der Waals surface area contributed by atoms with Gasteiger partial charge in [-0.2, -0.15) is 4.99 Å². The monoisotopic (exact) mass is 356 g/mol. The van der Waals surface area contributed by atoms with Crippen molar-refractivity contribution in [1.29, 1.82) is 0 Å². The largest absolute Gasteiger partial charge is 0.365 e. The molecule has 2 aliphatic heterocycles. The van der Waals surface area contributed by atoms with Gasteiger partial charge < -0.3 is 16.0 Å². The highest BCUT2D eigenvalue weighted by Gasteiger charge is 2.27. The Hall–Kier alpha value is -3.43. The number of piperidine rings is 1.